The van der Waals surface area contributed by atoms with Crippen LogP contribution in [0.15, 0.2) is 71.6 Å². The predicted molar refractivity (Wildman–Crippen MR) is 197 cm³/mol. The number of carbonyl (C=O) groups excluding carboxylic acids is 2. The van der Waals surface area contributed by atoms with Gasteiger partial charge in [-0.05, 0) is 81.3 Å². The van der Waals surface area contributed by atoms with Gasteiger partial charge in [0.25, 0.3) is 15.9 Å². The highest BCUT2D eigenvalue weighted by molar-refractivity contribution is 7.89. The van der Waals surface area contributed by atoms with Gasteiger partial charge in [-0.2, -0.15) is 0 Å². The van der Waals surface area contributed by atoms with Crippen molar-refractivity contribution in [2.75, 3.05) is 53.5 Å². The van der Waals surface area contributed by atoms with Crippen molar-refractivity contribution in [2.45, 2.75) is 55.9 Å². The summed E-state index contributed by atoms with van der Waals surface area (Å²) in [5.74, 6) is -0.0869. The van der Waals surface area contributed by atoms with Gasteiger partial charge in [-0.1, -0.05) is 51.9 Å². The molecule has 2 aliphatic heterocycles. The Morgan fingerprint density at radius 3 is 1.92 bits per heavy atom. The first-order chi connectivity index (χ1) is 24.1. The smallest absolute Gasteiger partial charge is 0.264 e. The van der Waals surface area contributed by atoms with E-state index >= 15 is 4.79 Å². The standard InChI is InChI=1S/C36H46Cl2N6O6S/c1-7-50-30-17-16-28(51(47,48)42(5)49-6)22-29(30)36(34(46)44-20-18-43(19-21-44)23-31(45)39-35(2,3)4)40-32(24-8-12-26(37)13-9-24)33(41-36)25-10-14-27(38)15-11-25/h8-17,22,32-33,40-41H,7,18-21,23H2,1-6H3,(H,39,45)/t32-,33+,36?. The first-order valence-corrected chi connectivity index (χ1v) is 19.0. The Morgan fingerprint density at radius 1 is 0.922 bits per heavy atom. The lowest BCUT2D eigenvalue weighted by Crippen LogP contribution is -2.62. The second-order valence-corrected chi connectivity index (χ2v) is 16.5. The highest BCUT2D eigenvalue weighted by Gasteiger charge is 2.55. The summed E-state index contributed by atoms with van der Waals surface area (Å²) >= 11 is 12.6. The van der Waals surface area contributed by atoms with E-state index in [9.17, 15) is 13.2 Å². The van der Waals surface area contributed by atoms with Gasteiger partial charge in [-0.3, -0.25) is 30.0 Å². The number of sulfonamides is 1. The number of hydroxylamine groups is 1. The Bertz CT molecular complexity index is 1760. The zero-order chi connectivity index (χ0) is 37.1. The summed E-state index contributed by atoms with van der Waals surface area (Å²) in [4.78, 5) is 36.7. The van der Waals surface area contributed by atoms with Crippen molar-refractivity contribution in [3.8, 4) is 5.75 Å². The Hall–Kier alpha value is -3.27. The molecular formula is C36H46Cl2N6O6S. The molecule has 12 nitrogen and oxygen atoms in total. The molecule has 3 N–H and O–H groups in total. The van der Waals surface area contributed by atoms with Gasteiger partial charge in [-0.25, -0.2) is 8.42 Å². The van der Waals surface area contributed by atoms with E-state index in [2.05, 4.69) is 16.0 Å². The highest BCUT2D eigenvalue weighted by atomic mass is 35.5. The number of carbonyl (C=O) groups is 2. The molecule has 0 radical (unpaired) electrons. The fourth-order valence-electron chi connectivity index (χ4n) is 6.46. The molecule has 2 fully saturated rings. The number of halogens is 2. The normalized spacial score (nSPS) is 21.5. The molecule has 0 bridgehead atoms. The third-order valence-corrected chi connectivity index (χ3v) is 11.1. The Labute approximate surface area is 310 Å². The summed E-state index contributed by atoms with van der Waals surface area (Å²) in [6.07, 6.45) is 0. The molecule has 3 aromatic rings. The molecule has 276 valence electrons. The van der Waals surface area contributed by atoms with Gasteiger partial charge in [-0.15, -0.1) is 0 Å². The van der Waals surface area contributed by atoms with Crippen LogP contribution < -0.4 is 20.7 Å². The SMILES string of the molecule is CCOc1ccc(S(=O)(=O)N(C)OC)cc1C1(C(=O)N2CCN(CC(=O)NC(C)(C)C)CC2)N[C@H](c2ccc(Cl)cc2)[C@H](c2ccc(Cl)cc2)N1. The lowest BCUT2D eigenvalue weighted by molar-refractivity contribution is -0.141. The second kappa shape index (κ2) is 15.8. The molecule has 2 heterocycles. The van der Waals surface area contributed by atoms with Gasteiger partial charge in [0.1, 0.15) is 5.75 Å². The van der Waals surface area contributed by atoms with E-state index in [4.69, 9.17) is 32.8 Å². The molecule has 2 aliphatic rings. The lowest BCUT2D eigenvalue weighted by Gasteiger charge is -2.40. The van der Waals surface area contributed by atoms with E-state index in [-0.39, 0.29) is 35.4 Å². The number of rotatable bonds is 11. The maximum atomic E-state index is 15.2. The largest absolute Gasteiger partial charge is 0.493 e. The molecule has 0 spiro atoms. The average molecular weight is 762 g/mol. The topological polar surface area (TPSA) is 133 Å². The Balaban J connectivity index is 1.62. The molecule has 0 aliphatic carbocycles. The number of amides is 2. The Morgan fingerprint density at radius 2 is 1.45 bits per heavy atom. The molecule has 3 atom stereocenters. The third kappa shape index (κ3) is 8.69. The lowest BCUT2D eigenvalue weighted by atomic mass is 9.95. The van der Waals surface area contributed by atoms with Crippen molar-refractivity contribution in [3.05, 3.63) is 93.5 Å². The quantitative estimate of drug-likeness (QED) is 0.243. The minimum absolute atomic E-state index is 0.0881. The van der Waals surface area contributed by atoms with E-state index in [1.807, 2.05) is 56.9 Å². The van der Waals surface area contributed by atoms with Crippen LogP contribution in [0.25, 0.3) is 0 Å². The third-order valence-electron chi connectivity index (χ3n) is 8.95. The van der Waals surface area contributed by atoms with Gasteiger partial charge in [0.2, 0.25) is 5.91 Å². The van der Waals surface area contributed by atoms with Crippen LogP contribution in [0.2, 0.25) is 10.0 Å². The van der Waals surface area contributed by atoms with Crippen molar-refractivity contribution in [1.82, 2.24) is 30.2 Å². The minimum atomic E-state index is -4.12. The summed E-state index contributed by atoms with van der Waals surface area (Å²) in [6.45, 7) is 9.68. The number of hydrogen-bond acceptors (Lipinski definition) is 9. The van der Waals surface area contributed by atoms with Gasteiger partial charge >= 0.3 is 0 Å². The van der Waals surface area contributed by atoms with Crippen LogP contribution in [0.1, 0.15) is 56.5 Å². The molecule has 1 unspecified atom stereocenters. The van der Waals surface area contributed by atoms with Crippen molar-refractivity contribution in [3.63, 3.8) is 0 Å². The summed E-state index contributed by atoms with van der Waals surface area (Å²) < 4.78 is 34.0. The first kappa shape index (κ1) is 38.9. The van der Waals surface area contributed by atoms with E-state index < -0.39 is 27.8 Å². The molecule has 0 saturated carbocycles. The number of nitrogens with one attached hydrogen (secondary N) is 3. The second-order valence-electron chi connectivity index (χ2n) is 13.7. The maximum Gasteiger partial charge on any atom is 0.264 e. The number of hydrogen-bond donors (Lipinski definition) is 3. The van der Waals surface area contributed by atoms with Crippen LogP contribution in [0.3, 0.4) is 0 Å². The fraction of sp³-hybridized carbons (Fsp3) is 0.444. The van der Waals surface area contributed by atoms with E-state index in [0.29, 0.717) is 47.5 Å². The number of ether oxygens (including phenoxy) is 1. The van der Waals surface area contributed by atoms with Crippen LogP contribution in [-0.4, -0.2) is 93.5 Å². The van der Waals surface area contributed by atoms with Gasteiger partial charge in [0.05, 0.1) is 37.2 Å². The summed E-state index contributed by atoms with van der Waals surface area (Å²) in [5.41, 5.74) is -0.0561. The number of nitrogens with zero attached hydrogens (tertiary/aromatic N) is 3. The summed E-state index contributed by atoms with van der Waals surface area (Å²) in [5, 5.41) is 11.4. The average Bonchev–Trinajstić information content (AvgIpc) is 3.49. The van der Waals surface area contributed by atoms with Crippen LogP contribution in [0, 0.1) is 0 Å². The zero-order valence-electron chi connectivity index (χ0n) is 29.7. The molecule has 51 heavy (non-hydrogen) atoms. The summed E-state index contributed by atoms with van der Waals surface area (Å²) in [6, 6.07) is 18.2. The molecule has 15 heteroatoms. The van der Waals surface area contributed by atoms with E-state index in [1.165, 1.54) is 26.3 Å². The number of piperazine rings is 1. The van der Waals surface area contributed by atoms with Crippen molar-refractivity contribution in [2.24, 2.45) is 0 Å². The van der Waals surface area contributed by atoms with Crippen molar-refractivity contribution in [1.29, 1.82) is 0 Å². The Kier molecular flexibility index (Phi) is 12.0. The van der Waals surface area contributed by atoms with Gasteiger partial charge in [0, 0.05) is 54.4 Å². The zero-order valence-corrected chi connectivity index (χ0v) is 32.0. The van der Waals surface area contributed by atoms with Crippen LogP contribution >= 0.6 is 23.2 Å². The van der Waals surface area contributed by atoms with Crippen LogP contribution in [0.4, 0.5) is 0 Å². The molecule has 3 aromatic carbocycles. The molecule has 0 aromatic heterocycles. The minimum Gasteiger partial charge on any atom is -0.493 e. The van der Waals surface area contributed by atoms with Gasteiger partial charge < -0.3 is 15.0 Å². The first-order valence-electron chi connectivity index (χ1n) is 16.8. The maximum absolute atomic E-state index is 15.2. The fourth-order valence-corrected chi connectivity index (χ4v) is 7.71. The molecule has 5 rings (SSSR count). The van der Waals surface area contributed by atoms with E-state index in [0.717, 1.165) is 15.6 Å². The molecule has 2 amide bonds. The van der Waals surface area contributed by atoms with Crippen molar-refractivity contribution >= 4 is 45.0 Å². The monoisotopic (exact) mass is 760 g/mol. The molecule has 2 saturated heterocycles. The van der Waals surface area contributed by atoms with E-state index in [1.54, 1.807) is 35.2 Å². The van der Waals surface area contributed by atoms with Crippen molar-refractivity contribution < 1.29 is 27.6 Å². The predicted octanol–water partition coefficient (Wildman–Crippen LogP) is 4.46. The van der Waals surface area contributed by atoms with Crippen LogP contribution in [0.5, 0.6) is 5.75 Å². The number of benzene rings is 3. The van der Waals surface area contributed by atoms with Crippen LogP contribution in [-0.2, 0) is 30.1 Å². The highest BCUT2D eigenvalue weighted by Crippen LogP contribution is 2.45. The summed E-state index contributed by atoms with van der Waals surface area (Å²) in [7, 11) is -1.56. The molecular weight excluding hydrogens is 715 g/mol. The van der Waals surface area contributed by atoms with Gasteiger partial charge in [0.15, 0.2) is 5.66 Å².